The van der Waals surface area contributed by atoms with Gasteiger partial charge in [0.2, 0.25) is 5.91 Å². The first-order valence-electron chi connectivity index (χ1n) is 6.26. The third-order valence-corrected chi connectivity index (χ3v) is 3.52. The standard InChI is InChI=1S/C12H17N3O3S/c1-2-18-9-3-8(4-9)15-11(16)5-13-12(17)10-6-19-7-14-10/h6-9H,2-5H2,1H3,(H,13,17)(H,15,16). The summed E-state index contributed by atoms with van der Waals surface area (Å²) in [4.78, 5) is 27.0. The fourth-order valence-electron chi connectivity index (χ4n) is 1.91. The van der Waals surface area contributed by atoms with Crippen LogP contribution in [0.3, 0.4) is 0 Å². The van der Waals surface area contributed by atoms with Gasteiger partial charge in [-0.3, -0.25) is 9.59 Å². The highest BCUT2D eigenvalue weighted by atomic mass is 32.1. The summed E-state index contributed by atoms with van der Waals surface area (Å²) in [6.45, 7) is 2.64. The van der Waals surface area contributed by atoms with Crippen molar-refractivity contribution >= 4 is 23.2 Å². The minimum atomic E-state index is -0.322. The Balaban J connectivity index is 1.62. The average Bonchev–Trinajstić information content (AvgIpc) is 2.87. The highest BCUT2D eigenvalue weighted by Gasteiger charge is 2.30. The van der Waals surface area contributed by atoms with Gasteiger partial charge < -0.3 is 15.4 Å². The molecule has 1 fully saturated rings. The largest absolute Gasteiger partial charge is 0.378 e. The maximum absolute atomic E-state index is 11.6. The molecule has 1 saturated carbocycles. The van der Waals surface area contributed by atoms with Gasteiger partial charge in [0.25, 0.3) is 5.91 Å². The molecule has 0 aromatic carbocycles. The predicted octanol–water partition coefficient (Wildman–Crippen LogP) is 0.557. The summed E-state index contributed by atoms with van der Waals surface area (Å²) in [6, 6.07) is 0.167. The average molecular weight is 283 g/mol. The molecule has 0 saturated heterocycles. The van der Waals surface area contributed by atoms with Crippen LogP contribution in [0.5, 0.6) is 0 Å². The van der Waals surface area contributed by atoms with Gasteiger partial charge in [0.05, 0.1) is 18.2 Å². The van der Waals surface area contributed by atoms with Gasteiger partial charge in [0.1, 0.15) is 5.69 Å². The highest BCUT2D eigenvalue weighted by molar-refractivity contribution is 7.07. The topological polar surface area (TPSA) is 80.3 Å². The normalized spacial score (nSPS) is 21.5. The molecule has 0 spiro atoms. The fraction of sp³-hybridized carbons (Fsp3) is 0.583. The number of carbonyl (C=O) groups excluding carboxylic acids is 2. The molecule has 7 heteroatoms. The number of aromatic nitrogens is 1. The van der Waals surface area contributed by atoms with E-state index in [4.69, 9.17) is 4.74 Å². The van der Waals surface area contributed by atoms with Crippen molar-refractivity contribution in [2.75, 3.05) is 13.2 Å². The summed E-state index contributed by atoms with van der Waals surface area (Å²) in [5, 5.41) is 7.04. The molecule has 0 bridgehead atoms. The van der Waals surface area contributed by atoms with Crippen molar-refractivity contribution in [1.29, 1.82) is 0 Å². The number of thiazole rings is 1. The summed E-state index contributed by atoms with van der Waals surface area (Å²) in [7, 11) is 0. The Bertz CT molecular complexity index is 429. The third-order valence-electron chi connectivity index (χ3n) is 2.94. The number of hydrogen-bond acceptors (Lipinski definition) is 5. The van der Waals surface area contributed by atoms with Gasteiger partial charge in [-0.25, -0.2) is 4.98 Å². The summed E-state index contributed by atoms with van der Waals surface area (Å²) >= 11 is 1.34. The Morgan fingerprint density at radius 3 is 2.95 bits per heavy atom. The van der Waals surface area contributed by atoms with Crippen molar-refractivity contribution in [3.8, 4) is 0 Å². The van der Waals surface area contributed by atoms with Crippen LogP contribution in [0.4, 0.5) is 0 Å². The second-order valence-electron chi connectivity index (χ2n) is 4.37. The summed E-state index contributed by atoms with van der Waals surface area (Å²) in [5.41, 5.74) is 1.93. The SMILES string of the molecule is CCOC1CC(NC(=O)CNC(=O)c2cscn2)C1. The number of ether oxygens (including phenoxy) is 1. The molecule has 1 aliphatic carbocycles. The molecular formula is C12H17N3O3S. The van der Waals surface area contributed by atoms with Crippen LogP contribution in [-0.2, 0) is 9.53 Å². The van der Waals surface area contributed by atoms with Crippen LogP contribution >= 0.6 is 11.3 Å². The van der Waals surface area contributed by atoms with Crippen molar-refractivity contribution in [2.45, 2.75) is 31.9 Å². The molecule has 2 amide bonds. The minimum Gasteiger partial charge on any atom is -0.378 e. The molecule has 0 radical (unpaired) electrons. The van der Waals surface area contributed by atoms with Gasteiger partial charge >= 0.3 is 0 Å². The van der Waals surface area contributed by atoms with E-state index >= 15 is 0 Å². The first-order chi connectivity index (χ1) is 9.19. The van der Waals surface area contributed by atoms with Crippen LogP contribution in [-0.4, -0.2) is 42.1 Å². The lowest BCUT2D eigenvalue weighted by Gasteiger charge is -2.35. The molecule has 0 atom stereocenters. The Labute approximate surface area is 115 Å². The number of amides is 2. The van der Waals surface area contributed by atoms with Crippen molar-refractivity contribution in [3.63, 3.8) is 0 Å². The van der Waals surface area contributed by atoms with E-state index in [0.717, 1.165) is 12.8 Å². The van der Waals surface area contributed by atoms with Crippen molar-refractivity contribution < 1.29 is 14.3 Å². The van der Waals surface area contributed by atoms with E-state index in [0.29, 0.717) is 12.3 Å². The number of hydrogen-bond donors (Lipinski definition) is 2. The van der Waals surface area contributed by atoms with Gasteiger partial charge in [-0.2, -0.15) is 0 Å². The van der Waals surface area contributed by atoms with E-state index in [9.17, 15) is 9.59 Å². The number of rotatable bonds is 6. The van der Waals surface area contributed by atoms with Crippen LogP contribution in [0.15, 0.2) is 10.9 Å². The van der Waals surface area contributed by atoms with E-state index in [1.54, 1.807) is 10.9 Å². The molecule has 6 nitrogen and oxygen atoms in total. The first-order valence-corrected chi connectivity index (χ1v) is 7.20. The molecular weight excluding hydrogens is 266 g/mol. The van der Waals surface area contributed by atoms with Crippen LogP contribution in [0.1, 0.15) is 30.3 Å². The second kappa shape index (κ2) is 6.63. The Kier molecular flexibility index (Phi) is 4.86. The minimum absolute atomic E-state index is 0.0217. The predicted molar refractivity (Wildman–Crippen MR) is 71.0 cm³/mol. The van der Waals surface area contributed by atoms with Gasteiger partial charge in [-0.05, 0) is 19.8 Å². The fourth-order valence-corrected chi connectivity index (χ4v) is 2.44. The zero-order valence-corrected chi connectivity index (χ0v) is 11.5. The van der Waals surface area contributed by atoms with Crippen molar-refractivity contribution in [2.24, 2.45) is 0 Å². The molecule has 0 aliphatic heterocycles. The van der Waals surface area contributed by atoms with Crippen LogP contribution in [0.25, 0.3) is 0 Å². The zero-order chi connectivity index (χ0) is 13.7. The molecule has 1 heterocycles. The second-order valence-corrected chi connectivity index (χ2v) is 5.09. The lowest BCUT2D eigenvalue weighted by atomic mass is 9.89. The van der Waals surface area contributed by atoms with Gasteiger partial charge in [0, 0.05) is 18.0 Å². The maximum Gasteiger partial charge on any atom is 0.271 e. The summed E-state index contributed by atoms with van der Waals surface area (Å²) in [5.74, 6) is -0.499. The Morgan fingerprint density at radius 2 is 2.32 bits per heavy atom. The van der Waals surface area contributed by atoms with E-state index in [1.807, 2.05) is 6.92 Å². The molecule has 104 valence electrons. The third kappa shape index (κ3) is 4.00. The monoisotopic (exact) mass is 283 g/mol. The molecule has 1 aliphatic rings. The number of carbonyl (C=O) groups is 2. The molecule has 2 N–H and O–H groups in total. The lowest BCUT2D eigenvalue weighted by Crippen LogP contribution is -2.50. The van der Waals surface area contributed by atoms with E-state index in [2.05, 4.69) is 15.6 Å². The van der Waals surface area contributed by atoms with Gasteiger partial charge in [0.15, 0.2) is 0 Å². The van der Waals surface area contributed by atoms with Crippen LogP contribution < -0.4 is 10.6 Å². The van der Waals surface area contributed by atoms with E-state index in [-0.39, 0.29) is 30.5 Å². The van der Waals surface area contributed by atoms with Crippen molar-refractivity contribution in [1.82, 2.24) is 15.6 Å². The quantitative estimate of drug-likeness (QED) is 0.799. The van der Waals surface area contributed by atoms with Crippen LogP contribution in [0.2, 0.25) is 0 Å². The molecule has 1 aromatic heterocycles. The Morgan fingerprint density at radius 1 is 1.53 bits per heavy atom. The van der Waals surface area contributed by atoms with Gasteiger partial charge in [-0.15, -0.1) is 11.3 Å². The first kappa shape index (κ1) is 14.0. The highest BCUT2D eigenvalue weighted by Crippen LogP contribution is 2.22. The number of nitrogens with one attached hydrogen (secondary N) is 2. The molecule has 2 rings (SSSR count). The van der Waals surface area contributed by atoms with Crippen molar-refractivity contribution in [3.05, 3.63) is 16.6 Å². The molecule has 0 unspecified atom stereocenters. The molecule has 1 aromatic rings. The lowest BCUT2D eigenvalue weighted by molar-refractivity contribution is -0.122. The maximum atomic E-state index is 11.6. The Hall–Kier alpha value is -1.47. The summed E-state index contributed by atoms with van der Waals surface area (Å²) in [6.07, 6.45) is 1.96. The smallest absolute Gasteiger partial charge is 0.271 e. The number of nitrogens with zero attached hydrogens (tertiary/aromatic N) is 1. The molecule has 19 heavy (non-hydrogen) atoms. The van der Waals surface area contributed by atoms with E-state index < -0.39 is 0 Å². The zero-order valence-electron chi connectivity index (χ0n) is 10.7. The van der Waals surface area contributed by atoms with Gasteiger partial charge in [-0.1, -0.05) is 0 Å². The van der Waals surface area contributed by atoms with E-state index in [1.165, 1.54) is 11.3 Å². The summed E-state index contributed by atoms with van der Waals surface area (Å²) < 4.78 is 5.41. The van der Waals surface area contributed by atoms with Crippen LogP contribution in [0, 0.1) is 0 Å².